The van der Waals surface area contributed by atoms with E-state index < -0.39 is 77.8 Å². The van der Waals surface area contributed by atoms with E-state index in [4.69, 9.17) is 45.4 Å². The van der Waals surface area contributed by atoms with Gasteiger partial charge in [-0.3, -0.25) is 4.79 Å². The SMILES string of the molecule is Nn1c(C(F)(F)F)cc(=O)n(-c2cc(Oc3nc(F)c(Cl)c(F)c3Cl)c(Cl)cc2F)c1=O. The molecule has 2 aromatic heterocycles. The molecule has 0 atom stereocenters. The van der Waals surface area contributed by atoms with Crippen LogP contribution < -0.4 is 21.8 Å². The smallest absolute Gasteiger partial charge is 0.433 e. The lowest BCUT2D eigenvalue weighted by atomic mass is 10.2. The summed E-state index contributed by atoms with van der Waals surface area (Å²) >= 11 is 16.7. The summed E-state index contributed by atoms with van der Waals surface area (Å²) < 4.78 is 85.2. The zero-order valence-corrected chi connectivity index (χ0v) is 17.0. The van der Waals surface area contributed by atoms with E-state index in [9.17, 15) is 35.9 Å². The van der Waals surface area contributed by atoms with Gasteiger partial charge in [-0.25, -0.2) is 22.8 Å². The topological polar surface area (TPSA) is 92.1 Å². The Kier molecular flexibility index (Phi) is 6.10. The third-order valence-electron chi connectivity index (χ3n) is 3.83. The molecule has 0 saturated heterocycles. The van der Waals surface area contributed by atoms with Crippen LogP contribution in [0.1, 0.15) is 5.69 Å². The summed E-state index contributed by atoms with van der Waals surface area (Å²) in [5, 5.41) is -2.49. The molecular weight excluding hydrogens is 517 g/mol. The monoisotopic (exact) mass is 520 g/mol. The molecule has 0 amide bonds. The fourth-order valence-electron chi connectivity index (χ4n) is 2.40. The van der Waals surface area contributed by atoms with Crippen LogP contribution in [-0.4, -0.2) is 14.2 Å². The van der Waals surface area contributed by atoms with Crippen molar-refractivity contribution in [2.24, 2.45) is 0 Å². The highest BCUT2D eigenvalue weighted by atomic mass is 35.5. The summed E-state index contributed by atoms with van der Waals surface area (Å²) in [4.78, 5) is 27.6. The van der Waals surface area contributed by atoms with Crippen LogP contribution in [0.25, 0.3) is 5.69 Å². The standard InChI is InChI=1S/C16H5Cl3F6N4O3/c17-4-1-5(20)6(28-9(30)3-8(16(23,24)25)29(26)15(28)31)2-7(4)32-14-11(19)12(21)10(18)13(22)27-14/h1-3H,26H2. The average Bonchev–Trinajstić information content (AvgIpc) is 2.69. The van der Waals surface area contributed by atoms with Crippen molar-refractivity contribution in [2.45, 2.75) is 6.18 Å². The summed E-state index contributed by atoms with van der Waals surface area (Å²) in [5.74, 6) is -0.760. The van der Waals surface area contributed by atoms with Crippen LogP contribution in [0.2, 0.25) is 15.1 Å². The van der Waals surface area contributed by atoms with E-state index in [0.717, 1.165) is 0 Å². The first-order chi connectivity index (χ1) is 14.7. The van der Waals surface area contributed by atoms with E-state index in [2.05, 4.69) is 4.98 Å². The van der Waals surface area contributed by atoms with Crippen molar-refractivity contribution in [2.75, 3.05) is 5.84 Å². The van der Waals surface area contributed by atoms with Gasteiger partial charge in [-0.1, -0.05) is 34.8 Å². The van der Waals surface area contributed by atoms with Gasteiger partial charge in [0.2, 0.25) is 11.8 Å². The number of benzene rings is 1. The van der Waals surface area contributed by atoms with Crippen molar-refractivity contribution in [3.63, 3.8) is 0 Å². The second-order valence-corrected chi connectivity index (χ2v) is 7.00. The quantitative estimate of drug-likeness (QED) is 0.315. The molecule has 2 heterocycles. The van der Waals surface area contributed by atoms with Gasteiger partial charge in [-0.2, -0.15) is 22.5 Å². The normalized spacial score (nSPS) is 11.7. The van der Waals surface area contributed by atoms with Gasteiger partial charge < -0.3 is 10.6 Å². The van der Waals surface area contributed by atoms with Crippen molar-refractivity contribution in [3.8, 4) is 17.3 Å². The molecule has 3 aromatic rings. The van der Waals surface area contributed by atoms with E-state index >= 15 is 0 Å². The van der Waals surface area contributed by atoms with Crippen LogP contribution in [0.5, 0.6) is 11.6 Å². The molecular formula is C16H5Cl3F6N4O3. The molecule has 3 rings (SSSR count). The summed E-state index contributed by atoms with van der Waals surface area (Å²) in [6.45, 7) is 0. The minimum absolute atomic E-state index is 0.0433. The Labute approximate surface area is 187 Å². The van der Waals surface area contributed by atoms with Crippen LogP contribution in [0, 0.1) is 17.6 Å². The number of rotatable bonds is 3. The molecule has 0 fully saturated rings. The second kappa shape index (κ2) is 8.22. The molecule has 0 spiro atoms. The van der Waals surface area contributed by atoms with Crippen molar-refractivity contribution in [1.82, 2.24) is 14.2 Å². The first-order valence-corrected chi connectivity index (χ1v) is 8.96. The highest BCUT2D eigenvalue weighted by Crippen LogP contribution is 2.37. The lowest BCUT2D eigenvalue weighted by molar-refractivity contribution is -0.143. The molecule has 0 unspecified atom stereocenters. The number of aromatic nitrogens is 3. The molecule has 0 saturated carbocycles. The van der Waals surface area contributed by atoms with Crippen molar-refractivity contribution in [1.29, 1.82) is 0 Å². The van der Waals surface area contributed by atoms with E-state index in [1.807, 2.05) is 0 Å². The van der Waals surface area contributed by atoms with Crippen molar-refractivity contribution < 1.29 is 31.1 Å². The highest BCUT2D eigenvalue weighted by molar-refractivity contribution is 6.35. The molecule has 1 aromatic carbocycles. The van der Waals surface area contributed by atoms with Gasteiger partial charge in [-0.05, 0) is 6.07 Å². The van der Waals surface area contributed by atoms with E-state index in [-0.39, 0.29) is 10.6 Å². The number of hydrogen-bond donors (Lipinski definition) is 1. The molecule has 0 bridgehead atoms. The molecule has 0 aliphatic rings. The number of hydrogen-bond acceptors (Lipinski definition) is 5. The maximum absolute atomic E-state index is 14.5. The number of alkyl halides is 3. The van der Waals surface area contributed by atoms with Crippen molar-refractivity contribution in [3.05, 3.63) is 77.4 Å². The Morgan fingerprint density at radius 3 is 2.22 bits per heavy atom. The van der Waals surface area contributed by atoms with Crippen molar-refractivity contribution >= 4 is 34.8 Å². The van der Waals surface area contributed by atoms with Crippen LogP contribution in [0.4, 0.5) is 26.3 Å². The highest BCUT2D eigenvalue weighted by Gasteiger charge is 2.36. The molecule has 16 heteroatoms. The summed E-state index contributed by atoms with van der Waals surface area (Å²) in [7, 11) is 0. The van der Waals surface area contributed by atoms with Crippen LogP contribution in [0.3, 0.4) is 0 Å². The second-order valence-electron chi connectivity index (χ2n) is 5.84. The number of ether oxygens (including phenoxy) is 1. The minimum atomic E-state index is -5.16. The van der Waals surface area contributed by atoms with E-state index in [1.54, 1.807) is 0 Å². The molecule has 170 valence electrons. The fraction of sp³-hybridized carbons (Fsp3) is 0.0625. The largest absolute Gasteiger partial charge is 0.436 e. The van der Waals surface area contributed by atoms with Gasteiger partial charge in [0.15, 0.2) is 11.5 Å². The molecule has 0 aliphatic carbocycles. The average molecular weight is 522 g/mol. The molecule has 2 N–H and O–H groups in total. The maximum Gasteiger partial charge on any atom is 0.433 e. The van der Waals surface area contributed by atoms with Gasteiger partial charge in [0, 0.05) is 12.1 Å². The van der Waals surface area contributed by atoms with Crippen LogP contribution >= 0.6 is 34.8 Å². The number of nitrogen functional groups attached to an aromatic ring is 1. The predicted octanol–water partition coefficient (Wildman–Crippen LogP) is 4.30. The maximum atomic E-state index is 14.5. The van der Waals surface area contributed by atoms with Gasteiger partial charge in [0.1, 0.15) is 21.6 Å². The molecule has 0 radical (unpaired) electrons. The summed E-state index contributed by atoms with van der Waals surface area (Å²) in [6, 6.07) is 1.04. The predicted molar refractivity (Wildman–Crippen MR) is 101 cm³/mol. The molecule has 0 aliphatic heterocycles. The van der Waals surface area contributed by atoms with E-state index in [0.29, 0.717) is 12.1 Å². The van der Waals surface area contributed by atoms with Gasteiger partial charge in [0.25, 0.3) is 5.56 Å². The van der Waals surface area contributed by atoms with Gasteiger partial charge in [-0.15, -0.1) is 0 Å². The van der Waals surface area contributed by atoms with Gasteiger partial charge >= 0.3 is 11.9 Å². The zero-order valence-electron chi connectivity index (χ0n) is 14.8. The lowest BCUT2D eigenvalue weighted by Crippen LogP contribution is -2.45. The van der Waals surface area contributed by atoms with Gasteiger partial charge in [0.05, 0.1) is 10.7 Å². The number of halogens is 9. The van der Waals surface area contributed by atoms with Crippen LogP contribution in [0.15, 0.2) is 27.8 Å². The minimum Gasteiger partial charge on any atom is -0.436 e. The number of pyridine rings is 1. The summed E-state index contributed by atoms with van der Waals surface area (Å²) in [5.41, 5.74) is -6.11. The Balaban J connectivity index is 2.21. The Bertz CT molecular complexity index is 1370. The van der Waals surface area contributed by atoms with E-state index in [1.165, 1.54) is 0 Å². The van der Waals surface area contributed by atoms with Crippen LogP contribution in [-0.2, 0) is 6.18 Å². The Morgan fingerprint density at radius 2 is 1.62 bits per heavy atom. The molecule has 32 heavy (non-hydrogen) atoms. The Hall–Kier alpha value is -2.90. The Morgan fingerprint density at radius 1 is 1.00 bits per heavy atom. The third-order valence-corrected chi connectivity index (χ3v) is 4.78. The number of nitrogens with two attached hydrogens (primary N) is 1. The number of nitrogens with zero attached hydrogens (tertiary/aromatic N) is 3. The first kappa shape index (κ1) is 23.8. The summed E-state index contributed by atoms with van der Waals surface area (Å²) in [6.07, 6.45) is -5.16. The fourth-order valence-corrected chi connectivity index (χ4v) is 2.95. The first-order valence-electron chi connectivity index (χ1n) is 7.82. The lowest BCUT2D eigenvalue weighted by Gasteiger charge is -2.15. The molecule has 7 nitrogen and oxygen atoms in total. The zero-order chi connectivity index (χ0) is 24.1. The third kappa shape index (κ3) is 4.10.